The van der Waals surface area contributed by atoms with Crippen molar-refractivity contribution in [1.29, 1.82) is 0 Å². The Morgan fingerprint density at radius 1 is 1.04 bits per heavy atom. The highest BCUT2D eigenvalue weighted by Crippen LogP contribution is 2.36. The van der Waals surface area contributed by atoms with Gasteiger partial charge in [0.25, 0.3) is 0 Å². The van der Waals surface area contributed by atoms with E-state index in [-0.39, 0.29) is 35.8 Å². The van der Waals surface area contributed by atoms with Gasteiger partial charge in [0, 0.05) is 31.1 Å². The molecule has 0 aliphatic carbocycles. The Kier molecular flexibility index (Phi) is 6.75. The summed E-state index contributed by atoms with van der Waals surface area (Å²) in [5.41, 5.74) is 7.93. The molecule has 1 heterocycles. The second-order valence-electron chi connectivity index (χ2n) is 6.48. The van der Waals surface area contributed by atoms with Gasteiger partial charge in [-0.05, 0) is 24.1 Å². The molecule has 0 bridgehead atoms. The molecule has 1 fully saturated rings. The number of hydrogen-bond acceptors (Lipinski definition) is 5. The molecule has 1 aliphatic heterocycles. The second-order valence-corrected chi connectivity index (χ2v) is 8.38. The van der Waals surface area contributed by atoms with E-state index >= 15 is 0 Å². The molecule has 27 heavy (non-hydrogen) atoms. The lowest BCUT2D eigenvalue weighted by molar-refractivity contribution is 0.353. The van der Waals surface area contributed by atoms with Crippen molar-refractivity contribution >= 4 is 22.4 Å². The van der Waals surface area contributed by atoms with Crippen molar-refractivity contribution in [1.82, 2.24) is 4.31 Å². The predicted octanol–water partition coefficient (Wildman–Crippen LogP) is 2.55. The van der Waals surface area contributed by atoms with Gasteiger partial charge >= 0.3 is 0 Å². The van der Waals surface area contributed by atoms with Crippen molar-refractivity contribution < 1.29 is 17.9 Å². The Bertz CT molecular complexity index is 890. The van der Waals surface area contributed by atoms with E-state index in [0.717, 1.165) is 5.56 Å². The molecular weight excluding hydrogens is 388 g/mol. The van der Waals surface area contributed by atoms with E-state index in [9.17, 15) is 8.42 Å². The van der Waals surface area contributed by atoms with Crippen LogP contribution in [-0.2, 0) is 10.0 Å². The number of hydrogen-bond donors (Lipinski definition) is 1. The lowest BCUT2D eigenvalue weighted by atomic mass is 9.95. The lowest BCUT2D eigenvalue weighted by Crippen LogP contribution is -2.32. The number of ether oxygens (including phenoxy) is 2. The van der Waals surface area contributed by atoms with Crippen LogP contribution in [0.1, 0.15) is 17.0 Å². The maximum atomic E-state index is 13.2. The molecule has 0 amide bonds. The maximum absolute atomic E-state index is 13.2. The molecule has 3 rings (SSSR count). The van der Waals surface area contributed by atoms with Gasteiger partial charge < -0.3 is 15.2 Å². The monoisotopic (exact) mass is 412 g/mol. The average Bonchev–Trinajstić information content (AvgIpc) is 3.04. The van der Waals surface area contributed by atoms with Crippen LogP contribution in [0.4, 0.5) is 0 Å². The molecule has 2 aromatic carbocycles. The summed E-state index contributed by atoms with van der Waals surface area (Å²) in [6.07, 6.45) is 0. The molecule has 0 spiro atoms. The third-order valence-electron chi connectivity index (χ3n) is 4.86. The second kappa shape index (κ2) is 8.48. The molecule has 6 nitrogen and oxygen atoms in total. The molecule has 0 saturated carbocycles. The smallest absolute Gasteiger partial charge is 0.243 e. The SMILES string of the molecule is COc1cc(C)c(S(=O)(=O)N2C[C@@H](N)[C@H](c3ccccc3)C2)cc1OC.Cl. The minimum Gasteiger partial charge on any atom is -0.493 e. The van der Waals surface area contributed by atoms with Crippen molar-refractivity contribution in [3.05, 3.63) is 53.6 Å². The molecule has 0 radical (unpaired) electrons. The summed E-state index contributed by atoms with van der Waals surface area (Å²) in [6.45, 7) is 2.40. The van der Waals surface area contributed by atoms with E-state index < -0.39 is 10.0 Å². The Balaban J connectivity index is 0.00000261. The number of sulfonamides is 1. The zero-order valence-corrected chi connectivity index (χ0v) is 17.2. The molecule has 2 N–H and O–H groups in total. The van der Waals surface area contributed by atoms with Gasteiger partial charge in [0.05, 0.1) is 19.1 Å². The topological polar surface area (TPSA) is 81.9 Å². The van der Waals surface area contributed by atoms with E-state index in [1.54, 1.807) is 13.0 Å². The molecule has 8 heteroatoms. The molecular formula is C19H25ClN2O4S. The fourth-order valence-corrected chi connectivity index (χ4v) is 5.14. The van der Waals surface area contributed by atoms with Gasteiger partial charge in [-0.15, -0.1) is 12.4 Å². The summed E-state index contributed by atoms with van der Waals surface area (Å²) in [4.78, 5) is 0.219. The van der Waals surface area contributed by atoms with Crippen LogP contribution in [0.25, 0.3) is 0 Å². The van der Waals surface area contributed by atoms with Crippen LogP contribution in [0, 0.1) is 6.92 Å². The van der Waals surface area contributed by atoms with E-state index in [4.69, 9.17) is 15.2 Å². The average molecular weight is 413 g/mol. The zero-order valence-electron chi connectivity index (χ0n) is 15.6. The van der Waals surface area contributed by atoms with E-state index in [2.05, 4.69) is 0 Å². The number of rotatable bonds is 5. The van der Waals surface area contributed by atoms with Crippen LogP contribution in [0.15, 0.2) is 47.4 Å². The number of aryl methyl sites for hydroxylation is 1. The lowest BCUT2D eigenvalue weighted by Gasteiger charge is -2.19. The fraction of sp³-hybridized carbons (Fsp3) is 0.368. The summed E-state index contributed by atoms with van der Waals surface area (Å²) in [5.74, 6) is 0.871. The Morgan fingerprint density at radius 3 is 2.22 bits per heavy atom. The highest BCUT2D eigenvalue weighted by molar-refractivity contribution is 7.89. The van der Waals surface area contributed by atoms with Crippen LogP contribution < -0.4 is 15.2 Å². The first kappa shape index (κ1) is 21.5. The zero-order chi connectivity index (χ0) is 18.9. The van der Waals surface area contributed by atoms with Gasteiger partial charge in [0.2, 0.25) is 10.0 Å². The number of methoxy groups -OCH3 is 2. The maximum Gasteiger partial charge on any atom is 0.243 e. The van der Waals surface area contributed by atoms with Gasteiger partial charge in [0.1, 0.15) is 0 Å². The third-order valence-corrected chi connectivity index (χ3v) is 6.83. The quantitative estimate of drug-likeness (QED) is 0.816. The van der Waals surface area contributed by atoms with Crippen LogP contribution in [-0.4, -0.2) is 46.1 Å². The predicted molar refractivity (Wildman–Crippen MR) is 107 cm³/mol. The van der Waals surface area contributed by atoms with Gasteiger partial charge in [-0.25, -0.2) is 8.42 Å². The van der Waals surface area contributed by atoms with Gasteiger partial charge in [-0.1, -0.05) is 30.3 Å². The van der Waals surface area contributed by atoms with Crippen molar-refractivity contribution in [2.24, 2.45) is 5.73 Å². The standard InChI is InChI=1S/C19H24N2O4S.ClH/c1-13-9-17(24-2)18(25-3)10-19(13)26(22,23)21-11-15(16(20)12-21)14-7-5-4-6-8-14;/h4-10,15-16H,11-12,20H2,1-3H3;1H/t15-,16+;/m0./s1. The van der Waals surface area contributed by atoms with Crippen molar-refractivity contribution in [3.63, 3.8) is 0 Å². The van der Waals surface area contributed by atoms with E-state index in [1.807, 2.05) is 30.3 Å². The molecule has 0 aromatic heterocycles. The molecule has 148 valence electrons. The normalized spacial score (nSPS) is 20.1. The van der Waals surface area contributed by atoms with Crippen LogP contribution in [0.5, 0.6) is 11.5 Å². The first-order chi connectivity index (χ1) is 12.4. The molecule has 2 atom stereocenters. The summed E-state index contributed by atoms with van der Waals surface area (Å²) in [7, 11) is -0.673. The van der Waals surface area contributed by atoms with Gasteiger partial charge in [-0.2, -0.15) is 4.31 Å². The summed E-state index contributed by atoms with van der Waals surface area (Å²) < 4.78 is 38.4. The summed E-state index contributed by atoms with van der Waals surface area (Å²) >= 11 is 0. The highest BCUT2D eigenvalue weighted by atomic mass is 35.5. The van der Waals surface area contributed by atoms with Crippen LogP contribution in [0.2, 0.25) is 0 Å². The highest BCUT2D eigenvalue weighted by Gasteiger charge is 2.39. The molecule has 1 saturated heterocycles. The molecule has 0 unspecified atom stereocenters. The fourth-order valence-electron chi connectivity index (χ4n) is 3.42. The molecule has 1 aliphatic rings. The van der Waals surface area contributed by atoms with E-state index in [1.165, 1.54) is 24.6 Å². The minimum atomic E-state index is -3.68. The third kappa shape index (κ3) is 4.06. The first-order valence-electron chi connectivity index (χ1n) is 8.41. The number of halogens is 1. The van der Waals surface area contributed by atoms with Gasteiger partial charge in [-0.3, -0.25) is 0 Å². The Hall–Kier alpha value is -1.80. The number of nitrogens with two attached hydrogens (primary N) is 1. The van der Waals surface area contributed by atoms with Crippen molar-refractivity contribution in [2.75, 3.05) is 27.3 Å². The summed E-state index contributed by atoms with van der Waals surface area (Å²) in [6, 6.07) is 12.7. The molecule has 2 aromatic rings. The summed E-state index contributed by atoms with van der Waals surface area (Å²) in [5, 5.41) is 0. The minimum absolute atomic E-state index is 0. The van der Waals surface area contributed by atoms with E-state index in [0.29, 0.717) is 23.6 Å². The van der Waals surface area contributed by atoms with Gasteiger partial charge in [0.15, 0.2) is 11.5 Å². The Morgan fingerprint density at radius 2 is 1.63 bits per heavy atom. The van der Waals surface area contributed by atoms with Crippen LogP contribution in [0.3, 0.4) is 0 Å². The van der Waals surface area contributed by atoms with Crippen LogP contribution >= 0.6 is 12.4 Å². The van der Waals surface area contributed by atoms with Crippen molar-refractivity contribution in [2.45, 2.75) is 23.8 Å². The first-order valence-corrected chi connectivity index (χ1v) is 9.85. The number of benzene rings is 2. The largest absolute Gasteiger partial charge is 0.493 e. The number of nitrogens with zero attached hydrogens (tertiary/aromatic N) is 1. The Labute approximate surface area is 166 Å². The van der Waals surface area contributed by atoms with Crippen molar-refractivity contribution in [3.8, 4) is 11.5 Å².